The van der Waals surface area contributed by atoms with Gasteiger partial charge in [0.15, 0.2) is 0 Å². The number of hydrogen-bond donors (Lipinski definition) is 5. The van der Waals surface area contributed by atoms with E-state index in [4.69, 9.17) is 14.2 Å². The lowest BCUT2D eigenvalue weighted by Gasteiger charge is -2.37. The van der Waals surface area contributed by atoms with E-state index in [0.717, 1.165) is 38.5 Å². The van der Waals surface area contributed by atoms with Gasteiger partial charge in [0.2, 0.25) is 29.5 Å². The summed E-state index contributed by atoms with van der Waals surface area (Å²) < 4.78 is 18.2. The van der Waals surface area contributed by atoms with Crippen LogP contribution in [0.5, 0.6) is 0 Å². The van der Waals surface area contributed by atoms with E-state index >= 15 is 0 Å². The number of nitrogens with zero attached hydrogens (tertiary/aromatic N) is 1. The second-order valence-corrected chi connectivity index (χ2v) is 19.6. The molecule has 0 aromatic rings. The van der Waals surface area contributed by atoms with Crippen LogP contribution in [0.1, 0.15) is 146 Å². The van der Waals surface area contributed by atoms with Crippen LogP contribution in [0.4, 0.5) is 4.79 Å². The Bertz CT molecular complexity index is 1470. The Balaban J connectivity index is 2.16. The van der Waals surface area contributed by atoms with Crippen LogP contribution in [0.25, 0.3) is 0 Å². The van der Waals surface area contributed by atoms with E-state index in [1.165, 1.54) is 4.90 Å². The lowest BCUT2D eigenvalue weighted by Crippen LogP contribution is -2.63. The number of amides is 6. The number of allylic oxidation sites excluding steroid dienone is 2. The zero-order valence-corrected chi connectivity index (χ0v) is 38.4. The Kier molecular flexibility index (Phi) is 19.8. The number of carbonyl (C=O) groups excluding carboxylic acids is 6. The fraction of sp³-hybridized carbons (Fsp3) is 0.822. The predicted octanol–water partition coefficient (Wildman–Crippen LogP) is 5.05. The first-order chi connectivity index (χ1) is 28.1. The summed E-state index contributed by atoms with van der Waals surface area (Å²) in [6.45, 7) is 17.8. The zero-order valence-electron chi connectivity index (χ0n) is 38.4. The Labute approximate surface area is 359 Å². The average Bonchev–Trinajstić information content (AvgIpc) is 3.15. The standard InChI is InChI=1S/C45H78N6O9/c1-28(2)25-34-39(53)50-37(31-21-17-16-18-22-31)41(55)48-33(26-46-43(57)60-45(8,9)10)38(52)49-36(30(4)59-44(5,6)7)40(54)47-29(3)27-58-35-24-20-15-13-12-14-19-23-32(35)42(56)51(34)11/h12,14,28-37H,13,15-27H2,1-11H3,(H,46,57)(H,47,54)(H,48,55)(H,49,52)(H,50,53)/b14-12-/t29-,30+,32-,33+,34+,35-,36+,37?/m1/s1. The maximum atomic E-state index is 14.7. The third-order valence-electron chi connectivity index (χ3n) is 11.2. The van der Waals surface area contributed by atoms with Crippen molar-refractivity contribution < 1.29 is 43.0 Å². The topological polar surface area (TPSA) is 194 Å². The average molecular weight is 847 g/mol. The minimum absolute atomic E-state index is 0.0349. The highest BCUT2D eigenvalue weighted by Crippen LogP contribution is 2.29. The minimum atomic E-state index is -1.39. The van der Waals surface area contributed by atoms with E-state index in [1.54, 1.807) is 41.7 Å². The predicted molar refractivity (Wildman–Crippen MR) is 231 cm³/mol. The maximum absolute atomic E-state index is 14.7. The van der Waals surface area contributed by atoms with Gasteiger partial charge in [0, 0.05) is 13.1 Å². The molecule has 15 heteroatoms. The molecule has 8 atom stereocenters. The first-order valence-electron chi connectivity index (χ1n) is 22.5. The van der Waals surface area contributed by atoms with Crippen LogP contribution in [0, 0.1) is 17.8 Å². The maximum Gasteiger partial charge on any atom is 0.407 e. The van der Waals surface area contributed by atoms with Gasteiger partial charge < -0.3 is 45.7 Å². The lowest BCUT2D eigenvalue weighted by atomic mass is 9.83. The minimum Gasteiger partial charge on any atom is -0.444 e. The Morgan fingerprint density at radius 1 is 0.800 bits per heavy atom. The fourth-order valence-corrected chi connectivity index (χ4v) is 8.29. The van der Waals surface area contributed by atoms with Crippen molar-refractivity contribution in [3.05, 3.63) is 12.2 Å². The van der Waals surface area contributed by atoms with E-state index in [9.17, 15) is 28.8 Å². The van der Waals surface area contributed by atoms with E-state index in [1.807, 2.05) is 34.6 Å². The SMILES string of the molecule is CC(C)C[C@H]1C(=O)NC(C2CCCCC2)C(=O)N[C@@H](CNC(=O)OC(C)(C)C)C(=O)N[C@@H]([C@H](C)OC(C)(C)C)C(=O)N[C@H](C)CO[C@@H]2CCCC/C=C\CC[C@H]2C(=O)N1C. The van der Waals surface area contributed by atoms with E-state index in [0.29, 0.717) is 38.5 Å². The molecular weight excluding hydrogens is 769 g/mol. The molecule has 60 heavy (non-hydrogen) atoms. The number of alkyl carbamates (subject to hydrolysis) is 1. The molecule has 342 valence electrons. The molecule has 0 radical (unpaired) electrons. The molecule has 15 nitrogen and oxygen atoms in total. The van der Waals surface area contributed by atoms with Gasteiger partial charge in [-0.2, -0.15) is 0 Å². The molecule has 6 amide bonds. The summed E-state index contributed by atoms with van der Waals surface area (Å²) in [4.78, 5) is 86.8. The number of rotatable bonds is 7. The van der Waals surface area contributed by atoms with Gasteiger partial charge in [0.05, 0.1) is 36.9 Å². The summed E-state index contributed by atoms with van der Waals surface area (Å²) >= 11 is 0. The zero-order chi connectivity index (χ0) is 44.8. The number of carbonyl (C=O) groups is 6. The number of hydrogen-bond acceptors (Lipinski definition) is 9. The molecule has 1 saturated carbocycles. The molecule has 1 saturated heterocycles. The molecule has 3 aliphatic rings. The van der Waals surface area contributed by atoms with Crippen molar-refractivity contribution in [2.24, 2.45) is 17.8 Å². The number of fused-ring (bicyclic) bond motifs is 1. The third kappa shape index (κ3) is 17.0. The molecule has 0 spiro atoms. The Morgan fingerprint density at radius 2 is 1.45 bits per heavy atom. The highest BCUT2D eigenvalue weighted by molar-refractivity contribution is 5.96. The van der Waals surface area contributed by atoms with Crippen molar-refractivity contribution >= 4 is 35.6 Å². The smallest absolute Gasteiger partial charge is 0.407 e. The van der Waals surface area contributed by atoms with E-state index in [-0.39, 0.29) is 30.9 Å². The lowest BCUT2D eigenvalue weighted by molar-refractivity contribution is -0.148. The van der Waals surface area contributed by atoms with Gasteiger partial charge in [0.1, 0.15) is 29.8 Å². The first-order valence-corrected chi connectivity index (χ1v) is 22.5. The monoisotopic (exact) mass is 847 g/mol. The molecule has 1 aliphatic heterocycles. The summed E-state index contributed by atoms with van der Waals surface area (Å²) in [5, 5.41) is 14.3. The van der Waals surface area contributed by atoms with Crippen molar-refractivity contribution in [1.82, 2.24) is 31.5 Å². The molecular formula is C45H78N6O9. The Hall–Kier alpha value is -3.72. The van der Waals surface area contributed by atoms with Crippen LogP contribution in [-0.2, 0) is 38.2 Å². The van der Waals surface area contributed by atoms with Gasteiger partial charge in [-0.15, -0.1) is 0 Å². The summed E-state index contributed by atoms with van der Waals surface area (Å²) in [5.41, 5.74) is -1.52. The third-order valence-corrected chi connectivity index (χ3v) is 11.2. The molecule has 0 bridgehead atoms. The van der Waals surface area contributed by atoms with Crippen molar-refractivity contribution in [3.63, 3.8) is 0 Å². The number of likely N-dealkylation sites (N-methyl/N-ethyl adjacent to an activating group) is 1. The van der Waals surface area contributed by atoms with Gasteiger partial charge in [-0.1, -0.05) is 51.7 Å². The molecule has 0 aromatic heterocycles. The van der Waals surface area contributed by atoms with E-state index in [2.05, 4.69) is 38.7 Å². The van der Waals surface area contributed by atoms with Crippen molar-refractivity contribution in [1.29, 1.82) is 0 Å². The van der Waals surface area contributed by atoms with Gasteiger partial charge in [-0.25, -0.2) is 4.79 Å². The van der Waals surface area contributed by atoms with Gasteiger partial charge in [-0.3, -0.25) is 24.0 Å². The second kappa shape index (κ2) is 23.5. The molecule has 0 aromatic carbocycles. The molecule has 2 aliphatic carbocycles. The van der Waals surface area contributed by atoms with Crippen LogP contribution >= 0.6 is 0 Å². The molecule has 1 unspecified atom stereocenters. The van der Waals surface area contributed by atoms with Crippen molar-refractivity contribution in [2.45, 2.75) is 200 Å². The van der Waals surface area contributed by atoms with E-state index < -0.39 is 89.3 Å². The largest absolute Gasteiger partial charge is 0.444 e. The quantitative estimate of drug-likeness (QED) is 0.218. The van der Waals surface area contributed by atoms with Gasteiger partial charge in [0.25, 0.3) is 0 Å². The van der Waals surface area contributed by atoms with Crippen LogP contribution in [-0.4, -0.2) is 114 Å². The molecule has 5 N–H and O–H groups in total. The summed E-state index contributed by atoms with van der Waals surface area (Å²) in [7, 11) is 1.66. The highest BCUT2D eigenvalue weighted by atomic mass is 16.6. The van der Waals surface area contributed by atoms with Crippen LogP contribution in [0.15, 0.2) is 12.2 Å². The molecule has 3 rings (SSSR count). The summed E-state index contributed by atoms with van der Waals surface area (Å²) in [6, 6.07) is -5.09. The second-order valence-electron chi connectivity index (χ2n) is 19.6. The highest BCUT2D eigenvalue weighted by Gasteiger charge is 2.41. The summed E-state index contributed by atoms with van der Waals surface area (Å²) in [6.07, 6.45) is 11.1. The molecule has 2 fully saturated rings. The Morgan fingerprint density at radius 3 is 2.08 bits per heavy atom. The van der Waals surface area contributed by atoms with Crippen LogP contribution in [0.3, 0.4) is 0 Å². The van der Waals surface area contributed by atoms with Crippen LogP contribution < -0.4 is 26.6 Å². The van der Waals surface area contributed by atoms with Crippen LogP contribution in [0.2, 0.25) is 0 Å². The number of nitrogens with one attached hydrogen (secondary N) is 5. The van der Waals surface area contributed by atoms with Crippen molar-refractivity contribution in [2.75, 3.05) is 20.2 Å². The normalized spacial score (nSPS) is 29.3. The molecule has 1 heterocycles. The van der Waals surface area contributed by atoms with Gasteiger partial charge >= 0.3 is 6.09 Å². The fourth-order valence-electron chi connectivity index (χ4n) is 8.29. The first kappa shape index (κ1) is 50.6. The number of ether oxygens (including phenoxy) is 3. The van der Waals surface area contributed by atoms with Crippen molar-refractivity contribution in [3.8, 4) is 0 Å². The van der Waals surface area contributed by atoms with Gasteiger partial charge in [-0.05, 0) is 119 Å². The summed E-state index contributed by atoms with van der Waals surface area (Å²) in [5.74, 6) is -3.33.